The van der Waals surface area contributed by atoms with Gasteiger partial charge in [0.25, 0.3) is 0 Å². The molecule has 0 saturated carbocycles. The van der Waals surface area contributed by atoms with E-state index >= 15 is 4.39 Å². The average molecular weight is 611 g/mol. The van der Waals surface area contributed by atoms with Crippen molar-refractivity contribution in [3.05, 3.63) is 119 Å². The lowest BCUT2D eigenvalue weighted by molar-refractivity contribution is -0.702. The molecule has 0 N–H and O–H groups in total. The Morgan fingerprint density at radius 2 is 1.70 bits per heavy atom. The third kappa shape index (κ3) is 4.06. The zero-order chi connectivity index (χ0) is 31.8. The molecule has 0 saturated heterocycles. The van der Waals surface area contributed by atoms with Gasteiger partial charge in [-0.25, -0.2) is 4.39 Å². The van der Waals surface area contributed by atoms with Crippen molar-refractivity contribution < 1.29 is 13.5 Å². The van der Waals surface area contributed by atoms with E-state index in [4.69, 9.17) is 0 Å². The van der Waals surface area contributed by atoms with Crippen LogP contribution in [0.3, 0.4) is 0 Å². The van der Waals surface area contributed by atoms with E-state index in [0.717, 1.165) is 44.3 Å². The van der Waals surface area contributed by atoms with Gasteiger partial charge in [-0.3, -0.25) is 0 Å². The van der Waals surface area contributed by atoms with E-state index in [0.29, 0.717) is 11.8 Å². The molecular formula is C43H47FN2+2. The van der Waals surface area contributed by atoms with Gasteiger partial charge in [-0.2, -0.15) is 9.13 Å². The van der Waals surface area contributed by atoms with Crippen molar-refractivity contribution in [3.63, 3.8) is 0 Å². The van der Waals surface area contributed by atoms with Crippen LogP contribution in [0, 0.1) is 11.7 Å². The van der Waals surface area contributed by atoms with Crippen LogP contribution in [0.15, 0.2) is 85.2 Å². The first kappa shape index (κ1) is 29.5. The molecule has 5 aromatic rings. The number of pyridine rings is 2. The van der Waals surface area contributed by atoms with Crippen molar-refractivity contribution in [2.24, 2.45) is 5.92 Å². The Morgan fingerprint density at radius 3 is 2.50 bits per heavy atom. The minimum absolute atomic E-state index is 0.0663. The highest BCUT2D eigenvalue weighted by Gasteiger charge is 2.55. The van der Waals surface area contributed by atoms with E-state index in [-0.39, 0.29) is 11.2 Å². The first-order valence-corrected chi connectivity index (χ1v) is 17.7. The first-order valence-electron chi connectivity index (χ1n) is 17.7. The molecule has 2 aliphatic heterocycles. The lowest BCUT2D eigenvalue weighted by Gasteiger charge is -2.48. The second-order valence-electron chi connectivity index (χ2n) is 14.8. The molecular weight excluding hydrogens is 563 g/mol. The highest BCUT2D eigenvalue weighted by Crippen LogP contribution is 2.58. The van der Waals surface area contributed by atoms with Gasteiger partial charge in [0, 0.05) is 40.7 Å². The molecule has 2 nitrogen and oxygen atoms in total. The summed E-state index contributed by atoms with van der Waals surface area (Å²) in [4.78, 5) is 0. The van der Waals surface area contributed by atoms with Gasteiger partial charge >= 0.3 is 0 Å². The summed E-state index contributed by atoms with van der Waals surface area (Å²) in [5, 5.41) is 2.63. The number of rotatable bonds is 8. The van der Waals surface area contributed by atoms with Crippen LogP contribution in [-0.2, 0) is 30.3 Å². The van der Waals surface area contributed by atoms with Gasteiger partial charge in [0.15, 0.2) is 25.5 Å². The van der Waals surface area contributed by atoms with Crippen LogP contribution >= 0.6 is 0 Å². The van der Waals surface area contributed by atoms with E-state index < -0.39 is 5.41 Å². The molecule has 234 valence electrons. The zero-order valence-electron chi connectivity index (χ0n) is 28.2. The predicted octanol–water partition coefficient (Wildman–Crippen LogP) is 9.74. The third-order valence-electron chi connectivity index (χ3n) is 12.1. The SMILES string of the molecule is CCCCc1cc2c3c4[n+](ccc3c1)CC(CC)(C(CCC)C1C[n+]3ccccc3-c3ccccc31)c1ccc(F)c(c1-4)C2(C)C. The van der Waals surface area contributed by atoms with Crippen molar-refractivity contribution in [3.8, 4) is 22.5 Å². The molecule has 3 aliphatic rings. The summed E-state index contributed by atoms with van der Waals surface area (Å²) in [7, 11) is 0. The second kappa shape index (κ2) is 10.9. The molecule has 46 heavy (non-hydrogen) atoms. The number of unbranched alkanes of at least 4 members (excludes halogenated alkanes) is 1. The molecule has 3 heteroatoms. The Balaban J connectivity index is 1.39. The van der Waals surface area contributed by atoms with Gasteiger partial charge in [0.1, 0.15) is 5.82 Å². The molecule has 1 aliphatic carbocycles. The number of hydrogen-bond donors (Lipinski definition) is 0. The van der Waals surface area contributed by atoms with E-state index in [1.165, 1.54) is 68.4 Å². The maximum Gasteiger partial charge on any atom is 0.221 e. The molecule has 3 unspecified atom stereocenters. The van der Waals surface area contributed by atoms with Crippen molar-refractivity contribution in [2.75, 3.05) is 0 Å². The first-order chi connectivity index (χ1) is 22.3. The molecule has 0 bridgehead atoms. The summed E-state index contributed by atoms with van der Waals surface area (Å²) >= 11 is 0. The van der Waals surface area contributed by atoms with E-state index in [1.54, 1.807) is 0 Å². The Labute approximate surface area is 273 Å². The summed E-state index contributed by atoms with van der Waals surface area (Å²) in [6.07, 6.45) is 11.2. The number of nitrogens with zero attached hydrogens (tertiary/aromatic N) is 2. The number of fused-ring (bicyclic) bond motifs is 3. The zero-order valence-corrected chi connectivity index (χ0v) is 28.2. The van der Waals surface area contributed by atoms with Crippen LogP contribution in [0.4, 0.5) is 4.39 Å². The maximum atomic E-state index is 16.5. The van der Waals surface area contributed by atoms with Gasteiger partial charge in [-0.15, -0.1) is 0 Å². The molecule has 2 aromatic heterocycles. The van der Waals surface area contributed by atoms with E-state index in [9.17, 15) is 0 Å². The highest BCUT2D eigenvalue weighted by atomic mass is 19.1. The number of aryl methyl sites for hydroxylation is 1. The van der Waals surface area contributed by atoms with Gasteiger partial charge in [-0.1, -0.05) is 83.9 Å². The largest absolute Gasteiger partial charge is 0.221 e. The molecule has 4 heterocycles. The Bertz CT molecular complexity index is 2000. The molecule has 3 aromatic carbocycles. The quantitative estimate of drug-likeness (QED) is 0.155. The standard InChI is InChI=1S/C43H47FN2/c1-6-9-15-28-24-29-21-23-46-27-43(8-3,34-19-20-36(44)40-39(34)41(46)38(29)35(25-28)42(40,4)5)33(14-7-2)32-26-45-22-13-12-18-37(45)31-17-11-10-16-30(31)32/h10-13,16-25,32-33H,6-9,14-15,26-27H2,1-5H3/q+2. The number of halogens is 1. The third-order valence-corrected chi connectivity index (χ3v) is 12.1. The van der Waals surface area contributed by atoms with Crippen molar-refractivity contribution in [2.45, 2.75) is 103 Å². The van der Waals surface area contributed by atoms with Crippen LogP contribution in [0.5, 0.6) is 0 Å². The number of aromatic nitrogens is 2. The summed E-state index contributed by atoms with van der Waals surface area (Å²) in [6, 6.07) is 26.9. The molecule has 3 atom stereocenters. The van der Waals surface area contributed by atoms with Crippen molar-refractivity contribution in [1.29, 1.82) is 0 Å². The van der Waals surface area contributed by atoms with Crippen LogP contribution < -0.4 is 9.13 Å². The minimum atomic E-state index is -0.439. The molecule has 0 amide bonds. The Hall–Kier alpha value is -3.85. The van der Waals surface area contributed by atoms with E-state index in [2.05, 4.69) is 123 Å². The van der Waals surface area contributed by atoms with Crippen LogP contribution in [0.2, 0.25) is 0 Å². The lowest BCUT2D eigenvalue weighted by Crippen LogP contribution is -2.57. The predicted molar refractivity (Wildman–Crippen MR) is 185 cm³/mol. The lowest BCUT2D eigenvalue weighted by atomic mass is 9.56. The van der Waals surface area contributed by atoms with Gasteiger partial charge in [0.05, 0.1) is 16.4 Å². The monoisotopic (exact) mass is 610 g/mol. The van der Waals surface area contributed by atoms with Crippen LogP contribution in [0.25, 0.3) is 33.3 Å². The van der Waals surface area contributed by atoms with Gasteiger partial charge < -0.3 is 0 Å². The summed E-state index contributed by atoms with van der Waals surface area (Å²) < 4.78 is 21.5. The topological polar surface area (TPSA) is 7.76 Å². The van der Waals surface area contributed by atoms with Crippen molar-refractivity contribution >= 4 is 10.8 Å². The molecule has 8 rings (SSSR count). The van der Waals surface area contributed by atoms with Crippen LogP contribution in [0.1, 0.15) is 100 Å². The fourth-order valence-corrected chi connectivity index (χ4v) is 9.95. The van der Waals surface area contributed by atoms with E-state index in [1.807, 2.05) is 6.07 Å². The van der Waals surface area contributed by atoms with Gasteiger partial charge in [-0.05, 0) is 77.4 Å². The molecule has 0 radical (unpaired) electrons. The second-order valence-corrected chi connectivity index (χ2v) is 14.8. The number of benzene rings is 3. The number of hydrogen-bond acceptors (Lipinski definition) is 0. The fourth-order valence-electron chi connectivity index (χ4n) is 9.95. The minimum Gasteiger partial charge on any atom is -0.207 e. The van der Waals surface area contributed by atoms with Crippen molar-refractivity contribution in [1.82, 2.24) is 0 Å². The van der Waals surface area contributed by atoms with Crippen LogP contribution in [-0.4, -0.2) is 0 Å². The fraction of sp³-hybridized carbons (Fsp3) is 0.395. The normalized spacial score (nSPS) is 20.7. The highest BCUT2D eigenvalue weighted by molar-refractivity contribution is 6.01. The van der Waals surface area contributed by atoms with Gasteiger partial charge in [0.2, 0.25) is 11.4 Å². The molecule has 0 fully saturated rings. The Morgan fingerprint density at radius 1 is 0.870 bits per heavy atom. The molecule has 0 spiro atoms. The summed E-state index contributed by atoms with van der Waals surface area (Å²) in [5.74, 6) is 0.673. The Kier molecular flexibility index (Phi) is 6.98. The maximum absolute atomic E-state index is 16.5. The summed E-state index contributed by atoms with van der Waals surface area (Å²) in [6.45, 7) is 13.4. The smallest absolute Gasteiger partial charge is 0.207 e. The summed E-state index contributed by atoms with van der Waals surface area (Å²) in [5.41, 5.74) is 10.9. The average Bonchev–Trinajstić information content (AvgIpc) is 3.07.